The Morgan fingerprint density at radius 1 is 1.19 bits per heavy atom. The molecule has 3 rings (SSSR count). The lowest BCUT2D eigenvalue weighted by molar-refractivity contribution is -0.136. The summed E-state index contributed by atoms with van der Waals surface area (Å²) in [6.07, 6.45) is 0.441. The summed E-state index contributed by atoms with van der Waals surface area (Å²) in [5.41, 5.74) is 2.89. The lowest BCUT2D eigenvalue weighted by Gasteiger charge is -2.21. The van der Waals surface area contributed by atoms with Gasteiger partial charge in [-0.1, -0.05) is 42.3 Å². The van der Waals surface area contributed by atoms with Gasteiger partial charge >= 0.3 is 0 Å². The van der Waals surface area contributed by atoms with Crippen molar-refractivity contribution in [3.63, 3.8) is 0 Å². The lowest BCUT2D eigenvalue weighted by atomic mass is 9.97. The molecule has 0 saturated carbocycles. The van der Waals surface area contributed by atoms with Crippen LogP contribution in [0, 0.1) is 6.92 Å². The van der Waals surface area contributed by atoms with E-state index in [-0.39, 0.29) is 30.8 Å². The van der Waals surface area contributed by atoms with Crippen LogP contribution in [0.1, 0.15) is 47.7 Å². The molecule has 0 heterocycles. The van der Waals surface area contributed by atoms with Gasteiger partial charge in [0, 0.05) is 13.0 Å². The number of amides is 2. The quantitative estimate of drug-likeness (QED) is 0.637. The third kappa shape index (κ3) is 5.02. The van der Waals surface area contributed by atoms with Crippen molar-refractivity contribution in [2.45, 2.75) is 33.1 Å². The molecule has 0 unspecified atom stereocenters. The molecule has 2 aromatic carbocycles. The number of ketones is 1. The van der Waals surface area contributed by atoms with Gasteiger partial charge in [0.1, 0.15) is 5.75 Å². The molecule has 1 aliphatic carbocycles. The van der Waals surface area contributed by atoms with Crippen molar-refractivity contribution in [3.05, 3.63) is 57.1 Å². The van der Waals surface area contributed by atoms with Crippen LogP contribution in [0.2, 0.25) is 10.0 Å². The summed E-state index contributed by atoms with van der Waals surface area (Å²) in [5.74, 6) is -0.223. The number of rotatable bonds is 7. The van der Waals surface area contributed by atoms with Crippen LogP contribution < -0.4 is 10.1 Å². The number of anilines is 1. The van der Waals surface area contributed by atoms with Crippen LogP contribution >= 0.6 is 23.2 Å². The fourth-order valence-corrected chi connectivity index (χ4v) is 4.30. The van der Waals surface area contributed by atoms with Gasteiger partial charge in [0.15, 0.2) is 12.4 Å². The second-order valence-electron chi connectivity index (χ2n) is 7.54. The monoisotopic (exact) mass is 462 g/mol. The van der Waals surface area contributed by atoms with Crippen LogP contribution in [0.15, 0.2) is 30.3 Å². The molecule has 0 spiro atoms. The average Bonchev–Trinajstić information content (AvgIpc) is 3.03. The summed E-state index contributed by atoms with van der Waals surface area (Å²) < 4.78 is 5.72. The van der Waals surface area contributed by atoms with Crippen LogP contribution in [-0.4, -0.2) is 42.2 Å². The number of nitrogens with zero attached hydrogens (tertiary/aromatic N) is 1. The molecule has 2 aromatic rings. The van der Waals surface area contributed by atoms with Crippen molar-refractivity contribution in [2.75, 3.05) is 25.0 Å². The van der Waals surface area contributed by atoms with Gasteiger partial charge in [-0.15, -0.1) is 0 Å². The Morgan fingerprint density at radius 3 is 2.52 bits per heavy atom. The standard InChI is InChI=1S/C23H24Cl2N2O4/c1-4-27(11-19(29)26-23-15(24)6-5-7-16(23)25)20(30)12-31-18-9-8-13(2)21-14(3)10-17(28)22(18)21/h5-9,14H,4,10-12H2,1-3H3,(H,26,29)/t14-/m0/s1. The van der Waals surface area contributed by atoms with Gasteiger partial charge in [0.2, 0.25) is 5.91 Å². The largest absolute Gasteiger partial charge is 0.483 e. The first kappa shape index (κ1) is 23.1. The Morgan fingerprint density at radius 2 is 1.87 bits per heavy atom. The van der Waals surface area contributed by atoms with Crippen LogP contribution in [0.5, 0.6) is 5.75 Å². The van der Waals surface area contributed by atoms with Crippen molar-refractivity contribution >= 4 is 46.5 Å². The van der Waals surface area contributed by atoms with E-state index in [1.165, 1.54) is 4.90 Å². The predicted octanol–water partition coefficient (Wildman–Crippen LogP) is 4.86. The van der Waals surface area contributed by atoms with E-state index in [4.69, 9.17) is 27.9 Å². The summed E-state index contributed by atoms with van der Waals surface area (Å²) in [6.45, 7) is 5.60. The number of halogens is 2. The number of carbonyl (C=O) groups excluding carboxylic acids is 3. The Hall–Kier alpha value is -2.57. The molecule has 2 amide bonds. The number of Topliss-reactive ketones (excluding diaryl/α,β-unsaturated/α-hetero) is 1. The third-order valence-electron chi connectivity index (χ3n) is 5.34. The number of hydrogen-bond donors (Lipinski definition) is 1. The smallest absolute Gasteiger partial charge is 0.260 e. The Kier molecular flexibility index (Phi) is 7.23. The number of ether oxygens (including phenoxy) is 1. The molecule has 0 fully saturated rings. The van der Waals surface area contributed by atoms with Gasteiger partial charge in [-0.3, -0.25) is 14.4 Å². The van der Waals surface area contributed by atoms with Crippen LogP contribution in [0.3, 0.4) is 0 Å². The maximum Gasteiger partial charge on any atom is 0.260 e. The highest BCUT2D eigenvalue weighted by Gasteiger charge is 2.31. The van der Waals surface area contributed by atoms with E-state index in [0.717, 1.165) is 11.1 Å². The predicted molar refractivity (Wildman–Crippen MR) is 121 cm³/mol. The van der Waals surface area contributed by atoms with Gasteiger partial charge in [-0.2, -0.15) is 0 Å². The van der Waals surface area contributed by atoms with E-state index in [1.807, 2.05) is 19.9 Å². The Balaban J connectivity index is 1.65. The maximum atomic E-state index is 12.7. The van der Waals surface area contributed by atoms with Crippen LogP contribution in [0.4, 0.5) is 5.69 Å². The van der Waals surface area contributed by atoms with Crippen molar-refractivity contribution in [1.29, 1.82) is 0 Å². The normalized spacial score (nSPS) is 14.9. The highest BCUT2D eigenvalue weighted by atomic mass is 35.5. The first-order chi connectivity index (χ1) is 14.7. The molecule has 0 aliphatic heterocycles. The van der Waals surface area contributed by atoms with Gasteiger partial charge in [-0.05, 0) is 49.1 Å². The Labute approximate surface area is 191 Å². The minimum Gasteiger partial charge on any atom is -0.483 e. The first-order valence-corrected chi connectivity index (χ1v) is 10.8. The van der Waals surface area contributed by atoms with E-state index in [2.05, 4.69) is 5.32 Å². The van der Waals surface area contributed by atoms with Gasteiger partial charge in [0.05, 0.1) is 27.8 Å². The second kappa shape index (κ2) is 9.71. The SMILES string of the molecule is CCN(CC(=O)Nc1c(Cl)cccc1Cl)C(=O)COc1ccc(C)c2c1C(=O)C[C@@H]2C. The summed E-state index contributed by atoms with van der Waals surface area (Å²) >= 11 is 12.2. The fourth-order valence-electron chi connectivity index (χ4n) is 3.81. The fraction of sp³-hybridized carbons (Fsp3) is 0.348. The minimum absolute atomic E-state index is 0.0250. The number of carbonyl (C=O) groups is 3. The third-order valence-corrected chi connectivity index (χ3v) is 5.97. The van der Waals surface area contributed by atoms with Gasteiger partial charge < -0.3 is 15.0 Å². The van der Waals surface area contributed by atoms with Crippen molar-refractivity contribution in [3.8, 4) is 5.75 Å². The van der Waals surface area contributed by atoms with E-state index >= 15 is 0 Å². The molecule has 6 nitrogen and oxygen atoms in total. The van der Waals surface area contributed by atoms with Crippen LogP contribution in [0.25, 0.3) is 0 Å². The number of nitrogens with one attached hydrogen (secondary N) is 1. The topological polar surface area (TPSA) is 75.7 Å². The molecule has 1 aliphatic rings. The Bertz CT molecular complexity index is 1020. The van der Waals surface area contributed by atoms with E-state index < -0.39 is 5.91 Å². The zero-order valence-corrected chi connectivity index (χ0v) is 19.1. The molecule has 31 heavy (non-hydrogen) atoms. The average molecular weight is 463 g/mol. The zero-order chi connectivity index (χ0) is 22.7. The molecule has 8 heteroatoms. The number of benzene rings is 2. The molecule has 164 valence electrons. The van der Waals surface area contributed by atoms with Gasteiger partial charge in [0.25, 0.3) is 5.91 Å². The van der Waals surface area contributed by atoms with Gasteiger partial charge in [-0.25, -0.2) is 0 Å². The number of fused-ring (bicyclic) bond motifs is 1. The molecular formula is C23H24Cl2N2O4. The number of hydrogen-bond acceptors (Lipinski definition) is 4. The second-order valence-corrected chi connectivity index (χ2v) is 8.35. The summed E-state index contributed by atoms with van der Waals surface area (Å²) in [4.78, 5) is 38.9. The van der Waals surface area contributed by atoms with E-state index in [0.29, 0.717) is 40.0 Å². The highest BCUT2D eigenvalue weighted by molar-refractivity contribution is 6.39. The first-order valence-electron chi connectivity index (χ1n) is 10.0. The molecule has 0 aromatic heterocycles. The molecule has 0 saturated heterocycles. The maximum absolute atomic E-state index is 12.7. The number of para-hydroxylation sites is 1. The van der Waals surface area contributed by atoms with Crippen molar-refractivity contribution in [2.24, 2.45) is 0 Å². The molecule has 0 radical (unpaired) electrons. The molecule has 1 N–H and O–H groups in total. The zero-order valence-electron chi connectivity index (χ0n) is 17.6. The van der Waals surface area contributed by atoms with Crippen LogP contribution in [-0.2, 0) is 9.59 Å². The number of aryl methyl sites for hydroxylation is 1. The molecule has 0 bridgehead atoms. The van der Waals surface area contributed by atoms with Crippen molar-refractivity contribution in [1.82, 2.24) is 4.90 Å². The van der Waals surface area contributed by atoms with Crippen molar-refractivity contribution < 1.29 is 19.1 Å². The van der Waals surface area contributed by atoms with E-state index in [1.54, 1.807) is 31.2 Å². The van der Waals surface area contributed by atoms with E-state index in [9.17, 15) is 14.4 Å². The summed E-state index contributed by atoms with van der Waals surface area (Å²) in [7, 11) is 0. The lowest BCUT2D eigenvalue weighted by Crippen LogP contribution is -2.40. The highest BCUT2D eigenvalue weighted by Crippen LogP contribution is 2.40. The minimum atomic E-state index is -0.426. The summed E-state index contributed by atoms with van der Waals surface area (Å²) in [6, 6.07) is 8.52. The molecular weight excluding hydrogens is 439 g/mol. The summed E-state index contributed by atoms with van der Waals surface area (Å²) in [5, 5.41) is 3.26. The molecule has 1 atom stereocenters. The number of likely N-dealkylation sites (N-methyl/N-ethyl adjacent to an activating group) is 1.